The molecule has 7 heteroatoms. The monoisotopic (exact) mass is 820 g/mol. The summed E-state index contributed by atoms with van der Waals surface area (Å²) in [6.07, 6.45) is 10.1. The summed E-state index contributed by atoms with van der Waals surface area (Å²) < 4.78 is 4.55. The van der Waals surface area contributed by atoms with Gasteiger partial charge in [0.25, 0.3) is 0 Å². The molecule has 4 aromatic heterocycles. The Morgan fingerprint density at radius 2 is 1.21 bits per heavy atom. The van der Waals surface area contributed by atoms with Gasteiger partial charge in [0.1, 0.15) is 0 Å². The predicted molar refractivity (Wildman–Crippen MR) is 262 cm³/mol. The molecule has 0 N–H and O–H groups in total. The van der Waals surface area contributed by atoms with Crippen molar-refractivity contribution in [3.8, 4) is 39.6 Å². The highest BCUT2D eigenvalue weighted by molar-refractivity contribution is 8.00. The maximum Gasteiger partial charge on any atom is 0.235 e. The first-order valence-corrected chi connectivity index (χ1v) is 21.7. The lowest BCUT2D eigenvalue weighted by molar-refractivity contribution is 0.450. The van der Waals surface area contributed by atoms with Crippen molar-refractivity contribution in [3.05, 3.63) is 201 Å². The van der Waals surface area contributed by atoms with Gasteiger partial charge in [-0.3, -0.25) is 9.55 Å². The maximum absolute atomic E-state index is 5.23. The molecular formula is C55H44N6S. The molecule has 4 heterocycles. The van der Waals surface area contributed by atoms with Crippen LogP contribution in [0.25, 0.3) is 95.0 Å². The molecule has 6 nitrogen and oxygen atoms in total. The van der Waals surface area contributed by atoms with Crippen molar-refractivity contribution in [2.24, 2.45) is 0 Å². The second-order valence-electron chi connectivity index (χ2n) is 15.4. The van der Waals surface area contributed by atoms with Crippen LogP contribution in [0.4, 0.5) is 0 Å². The molecule has 10 aromatic rings. The molecule has 6 aromatic carbocycles. The van der Waals surface area contributed by atoms with E-state index in [4.69, 9.17) is 9.97 Å². The average molecular weight is 821 g/mol. The molecule has 300 valence electrons. The van der Waals surface area contributed by atoms with Crippen LogP contribution in [0.15, 0.2) is 200 Å². The molecule has 1 unspecified atom stereocenters. The molecule has 0 aliphatic heterocycles. The van der Waals surface area contributed by atoms with E-state index in [1.54, 1.807) is 11.8 Å². The van der Waals surface area contributed by atoms with Gasteiger partial charge in [-0.05, 0) is 85.7 Å². The second-order valence-corrected chi connectivity index (χ2v) is 16.7. The average Bonchev–Trinajstić information content (AvgIpc) is 3.84. The molecule has 0 radical (unpaired) electrons. The van der Waals surface area contributed by atoms with E-state index in [1.807, 2.05) is 43.5 Å². The lowest BCUT2D eigenvalue weighted by Gasteiger charge is -2.24. The Labute approximate surface area is 365 Å². The van der Waals surface area contributed by atoms with Gasteiger partial charge in [0.05, 0.1) is 50.2 Å². The minimum atomic E-state index is 0.131. The zero-order valence-electron chi connectivity index (χ0n) is 34.9. The van der Waals surface area contributed by atoms with E-state index in [9.17, 15) is 0 Å². The second kappa shape index (κ2) is 16.5. The van der Waals surface area contributed by atoms with Gasteiger partial charge in [-0.2, -0.15) is 0 Å². The topological polar surface area (TPSA) is 51.8 Å². The number of benzene rings is 6. The van der Waals surface area contributed by atoms with Crippen molar-refractivity contribution in [1.29, 1.82) is 0 Å². The molecule has 0 saturated carbocycles. The molecule has 0 fully saturated rings. The number of pyridine rings is 1. The van der Waals surface area contributed by atoms with Crippen LogP contribution in [0.5, 0.6) is 0 Å². The number of nitrogens with zero attached hydrogens (tertiary/aromatic N) is 6. The third-order valence-corrected chi connectivity index (χ3v) is 12.8. The Balaban J connectivity index is 1.09. The van der Waals surface area contributed by atoms with Crippen molar-refractivity contribution in [3.63, 3.8) is 0 Å². The fourth-order valence-electron chi connectivity index (χ4n) is 8.41. The van der Waals surface area contributed by atoms with E-state index in [1.165, 1.54) is 10.8 Å². The Morgan fingerprint density at radius 1 is 0.613 bits per heavy atom. The molecule has 10 rings (SSSR count). The minimum absolute atomic E-state index is 0.131. The van der Waals surface area contributed by atoms with Crippen LogP contribution in [-0.4, -0.2) is 41.4 Å². The summed E-state index contributed by atoms with van der Waals surface area (Å²) in [6, 6.07) is 57.7. The minimum Gasteiger partial charge on any atom is -0.367 e. The van der Waals surface area contributed by atoms with E-state index in [0.29, 0.717) is 5.95 Å². The van der Waals surface area contributed by atoms with Crippen LogP contribution >= 0.6 is 11.8 Å². The van der Waals surface area contributed by atoms with Crippen LogP contribution < -0.4 is 0 Å². The van der Waals surface area contributed by atoms with Gasteiger partial charge < -0.3 is 9.47 Å². The van der Waals surface area contributed by atoms with Gasteiger partial charge in [-0.15, -0.1) is 0 Å². The van der Waals surface area contributed by atoms with Crippen LogP contribution in [0, 0.1) is 0 Å². The standard InChI is InChI=1S/C55H44N6S/c1-5-18-47-54(27-17-32-56-47)62-37(3)59(4)36-42(6-2)60-50-25-15-13-23-43(50)45-30-28-41(34-53(45)60)40-29-31-52-46(33-40)44-24-14-16-26-51(44)61(52)55-57-48(38-19-9-7-10-20-38)35-49(58-55)39-21-11-8-12-22-39/h5-37H,2H2,1,3-4H3/b18-5+,42-36+. The highest BCUT2D eigenvalue weighted by Crippen LogP contribution is 2.39. The van der Waals surface area contributed by atoms with E-state index in [-0.39, 0.29) is 5.37 Å². The zero-order valence-corrected chi connectivity index (χ0v) is 35.7. The number of aromatic nitrogens is 5. The third kappa shape index (κ3) is 7.06. The summed E-state index contributed by atoms with van der Waals surface area (Å²) in [5, 5.41) is 4.80. The van der Waals surface area contributed by atoms with Crippen LogP contribution in [0.1, 0.15) is 19.5 Å². The van der Waals surface area contributed by atoms with Gasteiger partial charge in [-0.1, -0.05) is 140 Å². The molecule has 0 amide bonds. The molecular weight excluding hydrogens is 777 g/mol. The Morgan fingerprint density at radius 3 is 1.90 bits per heavy atom. The first-order chi connectivity index (χ1) is 30.5. The van der Waals surface area contributed by atoms with E-state index < -0.39 is 0 Å². The van der Waals surface area contributed by atoms with E-state index in [0.717, 1.165) is 82.8 Å². The quantitative estimate of drug-likeness (QED) is 0.0739. The zero-order chi connectivity index (χ0) is 42.2. The van der Waals surface area contributed by atoms with Gasteiger partial charge in [-0.25, -0.2) is 9.97 Å². The number of allylic oxidation sites excluding steroid dienone is 3. The van der Waals surface area contributed by atoms with Crippen LogP contribution in [0.2, 0.25) is 0 Å². The first-order valence-electron chi connectivity index (χ1n) is 20.9. The maximum atomic E-state index is 5.23. The lowest BCUT2D eigenvalue weighted by Crippen LogP contribution is -2.21. The third-order valence-electron chi connectivity index (χ3n) is 11.5. The van der Waals surface area contributed by atoms with Crippen LogP contribution in [-0.2, 0) is 0 Å². The Bertz CT molecular complexity index is 3280. The summed E-state index contributed by atoms with van der Waals surface area (Å²) in [7, 11) is 2.13. The number of thioether (sulfide) groups is 1. The number of para-hydroxylation sites is 2. The molecule has 62 heavy (non-hydrogen) atoms. The Hall–Kier alpha value is -7.48. The molecule has 0 spiro atoms. The molecule has 0 saturated heterocycles. The summed E-state index contributed by atoms with van der Waals surface area (Å²) >= 11 is 1.79. The fourth-order valence-corrected chi connectivity index (χ4v) is 9.41. The van der Waals surface area contributed by atoms with Crippen LogP contribution in [0.3, 0.4) is 0 Å². The normalized spacial score (nSPS) is 12.5. The van der Waals surface area contributed by atoms with Gasteiger partial charge in [0, 0.05) is 57.0 Å². The van der Waals surface area contributed by atoms with Gasteiger partial charge >= 0.3 is 0 Å². The largest absolute Gasteiger partial charge is 0.367 e. The lowest BCUT2D eigenvalue weighted by atomic mass is 10.0. The predicted octanol–water partition coefficient (Wildman–Crippen LogP) is 14.2. The molecule has 0 aliphatic rings. The van der Waals surface area contributed by atoms with Crippen molar-refractivity contribution >= 4 is 67.1 Å². The van der Waals surface area contributed by atoms with Gasteiger partial charge in [0.2, 0.25) is 5.95 Å². The molecule has 0 aliphatic carbocycles. The number of hydrogen-bond donors (Lipinski definition) is 0. The summed E-state index contributed by atoms with van der Waals surface area (Å²) in [4.78, 5) is 18.5. The van der Waals surface area contributed by atoms with Crippen molar-refractivity contribution in [1.82, 2.24) is 29.0 Å². The van der Waals surface area contributed by atoms with E-state index >= 15 is 0 Å². The fraction of sp³-hybridized carbons (Fsp3) is 0.0727. The highest BCUT2D eigenvalue weighted by atomic mass is 32.2. The van der Waals surface area contributed by atoms with Crippen molar-refractivity contribution in [2.75, 3.05) is 7.05 Å². The number of hydrogen-bond acceptors (Lipinski definition) is 5. The summed E-state index contributed by atoms with van der Waals surface area (Å²) in [5.41, 5.74) is 12.4. The van der Waals surface area contributed by atoms with Crippen molar-refractivity contribution in [2.45, 2.75) is 24.1 Å². The van der Waals surface area contributed by atoms with Crippen molar-refractivity contribution < 1.29 is 0 Å². The molecule has 1 atom stereocenters. The Kier molecular flexibility index (Phi) is 10.3. The smallest absolute Gasteiger partial charge is 0.235 e. The first kappa shape index (κ1) is 38.7. The summed E-state index contributed by atoms with van der Waals surface area (Å²) in [6.45, 7) is 8.57. The SMILES string of the molecule is C=C/C(=C\N(C)C(C)Sc1cccnc1/C=C/C)n1c2ccccc2c2ccc(-c3ccc4c(c3)c3ccccc3n4-c3nc(-c4ccccc4)cc(-c4ccccc4)n3)cc21. The van der Waals surface area contributed by atoms with E-state index in [2.05, 4.69) is 197 Å². The number of rotatable bonds is 11. The van der Waals surface area contributed by atoms with Gasteiger partial charge in [0.15, 0.2) is 0 Å². The number of fused-ring (bicyclic) bond motifs is 6. The highest BCUT2D eigenvalue weighted by Gasteiger charge is 2.20. The molecule has 0 bridgehead atoms. The summed E-state index contributed by atoms with van der Waals surface area (Å²) in [5.74, 6) is 0.634.